The maximum absolute atomic E-state index is 11.0. The Morgan fingerprint density at radius 2 is 1.89 bits per heavy atom. The highest BCUT2D eigenvalue weighted by Gasteiger charge is 2.33. The number of pyridine rings is 1. The van der Waals surface area contributed by atoms with Crippen LogP contribution in [-0.2, 0) is 12.8 Å². The van der Waals surface area contributed by atoms with Crippen molar-refractivity contribution in [1.82, 2.24) is 4.98 Å². The molecule has 7 heteroatoms. The highest BCUT2D eigenvalue weighted by Crippen LogP contribution is 2.41. The zero-order chi connectivity index (χ0) is 19.4. The van der Waals surface area contributed by atoms with Crippen molar-refractivity contribution in [3.05, 3.63) is 49.9 Å². The van der Waals surface area contributed by atoms with Gasteiger partial charge in [-0.15, -0.1) is 22.9 Å². The molecule has 3 atom stereocenters. The third-order valence-corrected chi connectivity index (χ3v) is 7.40. The van der Waals surface area contributed by atoms with Gasteiger partial charge in [-0.2, -0.15) is 0 Å². The van der Waals surface area contributed by atoms with Crippen molar-refractivity contribution in [1.29, 1.82) is 0 Å². The molecule has 0 saturated heterocycles. The van der Waals surface area contributed by atoms with E-state index in [0.29, 0.717) is 27.0 Å². The molecule has 0 amide bonds. The summed E-state index contributed by atoms with van der Waals surface area (Å²) >= 11 is 20.0. The number of nitrogens with zero attached hydrogens (tertiary/aromatic N) is 1. The summed E-state index contributed by atoms with van der Waals surface area (Å²) in [6.07, 6.45) is 7.27. The predicted octanol–water partition coefficient (Wildman–Crippen LogP) is 6.74. The number of rotatable bonds is 8. The molecule has 27 heavy (non-hydrogen) atoms. The highest BCUT2D eigenvalue weighted by atomic mass is 35.5. The van der Waals surface area contributed by atoms with Crippen LogP contribution in [0.1, 0.15) is 52.2 Å². The Kier molecular flexibility index (Phi) is 7.43. The molecule has 146 valence electrons. The molecule has 2 aromatic rings. The minimum absolute atomic E-state index is 0.234. The molecule has 0 aromatic carbocycles. The zero-order valence-electron chi connectivity index (χ0n) is 14.8. The number of hydrogen-bond acceptors (Lipinski definition) is 3. The van der Waals surface area contributed by atoms with Crippen LogP contribution in [-0.4, -0.2) is 21.4 Å². The van der Waals surface area contributed by atoms with Crippen LogP contribution in [0.4, 0.5) is 0 Å². The monoisotopic (exact) mass is 445 g/mol. The number of carboxylic acids is 1. The van der Waals surface area contributed by atoms with Gasteiger partial charge in [-0.25, -0.2) is 9.78 Å². The minimum Gasteiger partial charge on any atom is -0.477 e. The van der Waals surface area contributed by atoms with Crippen LogP contribution in [0.25, 0.3) is 0 Å². The van der Waals surface area contributed by atoms with Crippen LogP contribution in [0.2, 0.25) is 10.3 Å². The quantitative estimate of drug-likeness (QED) is 0.361. The Balaban J connectivity index is 1.51. The Bertz CT molecular complexity index is 775. The smallest absolute Gasteiger partial charge is 0.345 e. The first-order chi connectivity index (χ1) is 12.9. The molecule has 0 aliphatic heterocycles. The van der Waals surface area contributed by atoms with Crippen LogP contribution >= 0.6 is 46.1 Å². The SMILES string of the molecule is O=C(O)c1ccc(CCC[C@@H]2[C@@H](CCc3cc(Cl)nc(Cl)c3)CC[C@H]2Cl)s1. The maximum Gasteiger partial charge on any atom is 0.345 e. The first kappa shape index (κ1) is 20.9. The second-order valence-corrected chi connectivity index (χ2v) is 9.64. The summed E-state index contributed by atoms with van der Waals surface area (Å²) < 4.78 is 0. The molecule has 1 aliphatic carbocycles. The van der Waals surface area contributed by atoms with Crippen molar-refractivity contribution in [3.63, 3.8) is 0 Å². The average molecular weight is 447 g/mol. The number of aromatic carboxylic acids is 1. The van der Waals surface area contributed by atoms with Gasteiger partial charge in [-0.1, -0.05) is 23.2 Å². The Morgan fingerprint density at radius 1 is 1.15 bits per heavy atom. The summed E-state index contributed by atoms with van der Waals surface area (Å²) in [5.74, 6) is 0.272. The number of carbonyl (C=O) groups is 1. The highest BCUT2D eigenvalue weighted by molar-refractivity contribution is 7.13. The summed E-state index contributed by atoms with van der Waals surface area (Å²) in [4.78, 5) is 16.5. The van der Waals surface area contributed by atoms with Crippen molar-refractivity contribution in [2.24, 2.45) is 11.8 Å². The molecule has 1 aliphatic rings. The van der Waals surface area contributed by atoms with E-state index >= 15 is 0 Å². The summed E-state index contributed by atoms with van der Waals surface area (Å²) in [5.41, 5.74) is 1.12. The topological polar surface area (TPSA) is 50.2 Å². The molecule has 0 bridgehead atoms. The molecule has 1 N–H and O–H groups in total. The molecule has 3 nitrogen and oxygen atoms in total. The number of carboxylic acid groups (broad SMARTS) is 1. The van der Waals surface area contributed by atoms with Gasteiger partial charge in [0.1, 0.15) is 15.2 Å². The summed E-state index contributed by atoms with van der Waals surface area (Å²) in [5, 5.41) is 10.1. The third-order valence-electron chi connectivity index (χ3n) is 5.34. The van der Waals surface area contributed by atoms with E-state index < -0.39 is 5.97 Å². The Hall–Kier alpha value is -0.810. The first-order valence-electron chi connectivity index (χ1n) is 9.20. The van der Waals surface area contributed by atoms with Crippen molar-refractivity contribution in [2.75, 3.05) is 0 Å². The molecule has 3 rings (SSSR count). The van der Waals surface area contributed by atoms with Gasteiger partial charge in [0, 0.05) is 10.3 Å². The molecule has 0 spiro atoms. The minimum atomic E-state index is -0.848. The number of hydrogen-bond donors (Lipinski definition) is 1. The van der Waals surface area contributed by atoms with E-state index in [1.807, 2.05) is 18.2 Å². The Labute approximate surface area is 178 Å². The lowest BCUT2D eigenvalue weighted by Crippen LogP contribution is -2.16. The average Bonchev–Trinajstić information content (AvgIpc) is 3.20. The van der Waals surface area contributed by atoms with Gasteiger partial charge in [-0.3, -0.25) is 0 Å². The summed E-state index contributed by atoms with van der Waals surface area (Å²) in [7, 11) is 0. The standard InChI is InChI=1S/C20H22Cl3NO2S/c21-16-8-6-13(5-4-12-10-18(22)24-19(23)11-12)15(16)3-1-2-14-7-9-17(27-14)20(25)26/h7,9-11,13,15-16H,1-6,8H2,(H,25,26)/t13-,15+,16+/m0/s1. The van der Waals surface area contributed by atoms with Gasteiger partial charge in [0.25, 0.3) is 0 Å². The number of alkyl halides is 1. The van der Waals surface area contributed by atoms with Gasteiger partial charge in [0.2, 0.25) is 0 Å². The van der Waals surface area contributed by atoms with Gasteiger partial charge >= 0.3 is 5.97 Å². The van der Waals surface area contributed by atoms with E-state index in [9.17, 15) is 4.79 Å². The van der Waals surface area contributed by atoms with Crippen LogP contribution in [0.5, 0.6) is 0 Å². The molecule has 2 aromatic heterocycles. The third kappa shape index (κ3) is 5.83. The van der Waals surface area contributed by atoms with E-state index in [0.717, 1.165) is 55.4 Å². The van der Waals surface area contributed by atoms with Crippen molar-refractivity contribution < 1.29 is 9.90 Å². The predicted molar refractivity (Wildman–Crippen MR) is 113 cm³/mol. The number of aromatic nitrogens is 1. The van der Waals surface area contributed by atoms with Crippen molar-refractivity contribution in [3.8, 4) is 0 Å². The lowest BCUT2D eigenvalue weighted by Gasteiger charge is -2.22. The number of aryl methyl sites for hydroxylation is 2. The van der Waals surface area contributed by atoms with Crippen molar-refractivity contribution in [2.45, 2.75) is 50.3 Å². The second kappa shape index (κ2) is 9.60. The molecular formula is C20H22Cl3NO2S. The largest absolute Gasteiger partial charge is 0.477 e. The van der Waals surface area contributed by atoms with Crippen LogP contribution in [0.3, 0.4) is 0 Å². The van der Waals surface area contributed by atoms with E-state index in [1.165, 1.54) is 11.3 Å². The van der Waals surface area contributed by atoms with E-state index in [-0.39, 0.29) is 5.38 Å². The van der Waals surface area contributed by atoms with Gasteiger partial charge in [0.05, 0.1) is 0 Å². The van der Waals surface area contributed by atoms with E-state index in [1.54, 1.807) is 6.07 Å². The lowest BCUT2D eigenvalue weighted by atomic mass is 9.86. The Morgan fingerprint density at radius 3 is 2.56 bits per heavy atom. The fourth-order valence-electron chi connectivity index (χ4n) is 4.02. The molecule has 0 unspecified atom stereocenters. The van der Waals surface area contributed by atoms with Crippen LogP contribution in [0, 0.1) is 11.8 Å². The fourth-order valence-corrected chi connectivity index (χ4v) is 5.87. The summed E-state index contributed by atoms with van der Waals surface area (Å²) in [6.45, 7) is 0. The van der Waals surface area contributed by atoms with Gasteiger partial charge in [-0.05, 0) is 86.6 Å². The summed E-state index contributed by atoms with van der Waals surface area (Å²) in [6, 6.07) is 7.38. The number of thiophene rings is 1. The van der Waals surface area contributed by atoms with Gasteiger partial charge in [0.15, 0.2) is 0 Å². The van der Waals surface area contributed by atoms with Crippen molar-refractivity contribution >= 4 is 52.1 Å². The lowest BCUT2D eigenvalue weighted by molar-refractivity contribution is 0.0702. The second-order valence-electron chi connectivity index (χ2n) is 7.14. The first-order valence-corrected chi connectivity index (χ1v) is 11.2. The molecule has 2 heterocycles. The van der Waals surface area contributed by atoms with Crippen LogP contribution < -0.4 is 0 Å². The fraction of sp³-hybridized carbons (Fsp3) is 0.500. The molecule has 1 fully saturated rings. The van der Waals surface area contributed by atoms with Crippen LogP contribution in [0.15, 0.2) is 24.3 Å². The normalized spacial score (nSPS) is 22.3. The molecule has 1 saturated carbocycles. The van der Waals surface area contributed by atoms with Gasteiger partial charge < -0.3 is 5.11 Å². The maximum atomic E-state index is 11.0. The van der Waals surface area contributed by atoms with E-state index in [4.69, 9.17) is 39.9 Å². The number of halogens is 3. The molecule has 0 radical (unpaired) electrons. The molecular weight excluding hydrogens is 425 g/mol. The zero-order valence-corrected chi connectivity index (χ0v) is 17.9. The van der Waals surface area contributed by atoms with E-state index in [2.05, 4.69) is 4.98 Å².